The van der Waals surface area contributed by atoms with E-state index < -0.39 is 0 Å². The zero-order valence-electron chi connectivity index (χ0n) is 17.2. The van der Waals surface area contributed by atoms with Gasteiger partial charge in [-0.25, -0.2) is 9.78 Å². The highest BCUT2D eigenvalue weighted by Crippen LogP contribution is 2.23. The van der Waals surface area contributed by atoms with E-state index in [1.807, 2.05) is 11.8 Å². The molecular formula is C21H28N4O2S. The van der Waals surface area contributed by atoms with Crippen LogP contribution in [0, 0.1) is 0 Å². The Bertz CT molecular complexity index is 1090. The first-order chi connectivity index (χ1) is 13.2. The predicted molar refractivity (Wildman–Crippen MR) is 116 cm³/mol. The second-order valence-corrected chi connectivity index (χ2v) is 9.28. The molecule has 0 N–H and O–H groups in total. The quantitative estimate of drug-likeness (QED) is 0.597. The monoisotopic (exact) mass is 400 g/mol. The molecule has 2 aromatic heterocycles. The van der Waals surface area contributed by atoms with Crippen LogP contribution in [0.3, 0.4) is 0 Å². The molecule has 0 saturated carbocycles. The molecule has 0 bridgehead atoms. The van der Waals surface area contributed by atoms with E-state index in [0.717, 1.165) is 17.9 Å². The lowest BCUT2D eigenvalue weighted by atomic mass is 9.87. The molecule has 28 heavy (non-hydrogen) atoms. The summed E-state index contributed by atoms with van der Waals surface area (Å²) in [6.45, 7) is 7.06. The molecule has 0 amide bonds. The molecule has 6 nitrogen and oxygen atoms in total. The molecule has 150 valence electrons. The van der Waals surface area contributed by atoms with E-state index in [2.05, 4.69) is 50.0 Å². The van der Waals surface area contributed by atoms with Gasteiger partial charge in [-0.05, 0) is 28.7 Å². The molecule has 1 aromatic carbocycles. The molecule has 0 radical (unpaired) electrons. The van der Waals surface area contributed by atoms with Crippen LogP contribution in [0.25, 0.3) is 11.2 Å². The minimum atomic E-state index is -0.307. The molecule has 0 aliphatic carbocycles. The third-order valence-corrected chi connectivity index (χ3v) is 6.07. The molecule has 2 heterocycles. The molecule has 7 heteroatoms. The van der Waals surface area contributed by atoms with Crippen LogP contribution < -0.4 is 11.2 Å². The maximum atomic E-state index is 12.7. The second kappa shape index (κ2) is 7.99. The van der Waals surface area contributed by atoms with Gasteiger partial charge in [-0.3, -0.25) is 13.9 Å². The average Bonchev–Trinajstić information content (AvgIpc) is 3.03. The summed E-state index contributed by atoms with van der Waals surface area (Å²) in [4.78, 5) is 29.3. The van der Waals surface area contributed by atoms with Crippen molar-refractivity contribution in [1.29, 1.82) is 0 Å². The molecule has 0 aliphatic rings. The summed E-state index contributed by atoms with van der Waals surface area (Å²) in [5, 5.41) is 0. The zero-order chi connectivity index (χ0) is 20.5. The Morgan fingerprint density at radius 3 is 2.39 bits per heavy atom. The van der Waals surface area contributed by atoms with Crippen LogP contribution in [0.2, 0.25) is 0 Å². The van der Waals surface area contributed by atoms with Crippen molar-refractivity contribution in [2.75, 3.05) is 5.75 Å². The number of fused-ring (bicyclic) bond motifs is 1. The summed E-state index contributed by atoms with van der Waals surface area (Å²) in [7, 11) is 3.43. The zero-order valence-corrected chi connectivity index (χ0v) is 18.0. The molecule has 0 saturated heterocycles. The number of aromatic nitrogens is 4. The van der Waals surface area contributed by atoms with Gasteiger partial charge in [0, 0.05) is 26.4 Å². The second-order valence-electron chi connectivity index (χ2n) is 8.18. The van der Waals surface area contributed by atoms with Crippen LogP contribution in [0.5, 0.6) is 0 Å². The first-order valence-corrected chi connectivity index (χ1v) is 10.6. The average molecular weight is 401 g/mol. The molecule has 0 aliphatic heterocycles. The predicted octanol–water partition coefficient (Wildman–Crippen LogP) is 3.05. The fraction of sp³-hybridized carbons (Fsp3) is 0.476. The SMILES string of the molecule is Cn1cnc2c1c(=O)n(CCCSCc1ccc(C(C)(C)C)cc1)c(=O)n2C. The molecule has 3 aromatic rings. The standard InChI is InChI=1S/C21H28N4O2S/c1-21(2,3)16-9-7-15(8-10-16)13-28-12-6-11-25-19(26)17-18(22-14-23(17)4)24(5)20(25)27/h7-10,14H,6,11-13H2,1-5H3. The minimum Gasteiger partial charge on any atom is -0.328 e. The maximum Gasteiger partial charge on any atom is 0.332 e. The van der Waals surface area contributed by atoms with Crippen LogP contribution >= 0.6 is 11.8 Å². The lowest BCUT2D eigenvalue weighted by Gasteiger charge is -2.19. The van der Waals surface area contributed by atoms with E-state index >= 15 is 0 Å². The van der Waals surface area contributed by atoms with Gasteiger partial charge in [-0.2, -0.15) is 11.8 Å². The van der Waals surface area contributed by atoms with Gasteiger partial charge in [0.15, 0.2) is 11.2 Å². The Labute approximate surface area is 169 Å². The molecule has 3 rings (SSSR count). The number of nitrogens with zero attached hydrogens (tertiary/aromatic N) is 4. The molecule has 0 atom stereocenters. The summed E-state index contributed by atoms with van der Waals surface area (Å²) in [6, 6.07) is 8.76. The topological polar surface area (TPSA) is 61.8 Å². The van der Waals surface area contributed by atoms with E-state index in [9.17, 15) is 9.59 Å². The molecular weight excluding hydrogens is 372 g/mol. The Morgan fingerprint density at radius 2 is 1.75 bits per heavy atom. The van der Waals surface area contributed by atoms with Gasteiger partial charge >= 0.3 is 5.69 Å². The number of aryl methyl sites for hydroxylation is 2. The highest BCUT2D eigenvalue weighted by Gasteiger charge is 2.15. The van der Waals surface area contributed by atoms with E-state index in [1.165, 1.54) is 20.3 Å². The van der Waals surface area contributed by atoms with Gasteiger partial charge in [0.25, 0.3) is 5.56 Å². The number of thioether (sulfide) groups is 1. The van der Waals surface area contributed by atoms with Gasteiger partial charge in [-0.1, -0.05) is 45.0 Å². The number of hydrogen-bond acceptors (Lipinski definition) is 4. The van der Waals surface area contributed by atoms with Crippen LogP contribution in [0.15, 0.2) is 40.2 Å². The van der Waals surface area contributed by atoms with Crippen LogP contribution in [-0.2, 0) is 31.8 Å². The van der Waals surface area contributed by atoms with E-state index in [-0.39, 0.29) is 16.7 Å². The first-order valence-electron chi connectivity index (χ1n) is 9.48. The fourth-order valence-electron chi connectivity index (χ4n) is 3.21. The van der Waals surface area contributed by atoms with Crippen molar-refractivity contribution >= 4 is 22.9 Å². The van der Waals surface area contributed by atoms with Crippen molar-refractivity contribution in [2.24, 2.45) is 14.1 Å². The van der Waals surface area contributed by atoms with Gasteiger partial charge in [0.1, 0.15) is 0 Å². The summed E-state index contributed by atoms with van der Waals surface area (Å²) >= 11 is 1.82. The van der Waals surface area contributed by atoms with Crippen LogP contribution in [0.1, 0.15) is 38.3 Å². The van der Waals surface area contributed by atoms with Gasteiger partial charge in [0.2, 0.25) is 0 Å². The Kier molecular flexibility index (Phi) is 5.84. The van der Waals surface area contributed by atoms with Crippen molar-refractivity contribution < 1.29 is 0 Å². The smallest absolute Gasteiger partial charge is 0.328 e. The Morgan fingerprint density at radius 1 is 1.07 bits per heavy atom. The van der Waals surface area contributed by atoms with Crippen molar-refractivity contribution in [2.45, 2.75) is 44.9 Å². The Balaban J connectivity index is 1.60. The molecule has 0 fully saturated rings. The number of hydrogen-bond donors (Lipinski definition) is 0. The molecule has 0 spiro atoms. The van der Waals surface area contributed by atoms with Crippen LogP contribution in [-0.4, -0.2) is 24.4 Å². The number of benzene rings is 1. The fourth-order valence-corrected chi connectivity index (χ4v) is 4.11. The Hall–Kier alpha value is -2.28. The van der Waals surface area contributed by atoms with E-state index in [4.69, 9.17) is 0 Å². The van der Waals surface area contributed by atoms with Crippen LogP contribution in [0.4, 0.5) is 0 Å². The molecule has 0 unspecified atom stereocenters. The van der Waals surface area contributed by atoms with Gasteiger partial charge < -0.3 is 4.57 Å². The van der Waals surface area contributed by atoms with Crippen molar-refractivity contribution in [3.05, 3.63) is 62.6 Å². The number of imidazole rings is 1. The highest BCUT2D eigenvalue weighted by atomic mass is 32.2. The summed E-state index contributed by atoms with van der Waals surface area (Å²) in [6.07, 6.45) is 2.33. The summed E-state index contributed by atoms with van der Waals surface area (Å²) in [5.74, 6) is 1.82. The maximum absolute atomic E-state index is 12.7. The third-order valence-electron chi connectivity index (χ3n) is 4.96. The normalized spacial score (nSPS) is 12.0. The largest absolute Gasteiger partial charge is 0.332 e. The lowest BCUT2D eigenvalue weighted by Crippen LogP contribution is -2.39. The van der Waals surface area contributed by atoms with Gasteiger partial charge in [0.05, 0.1) is 6.33 Å². The van der Waals surface area contributed by atoms with E-state index in [0.29, 0.717) is 17.7 Å². The van der Waals surface area contributed by atoms with Gasteiger partial charge in [-0.15, -0.1) is 0 Å². The lowest BCUT2D eigenvalue weighted by molar-refractivity contribution is 0.590. The highest BCUT2D eigenvalue weighted by molar-refractivity contribution is 7.98. The van der Waals surface area contributed by atoms with Crippen molar-refractivity contribution in [1.82, 2.24) is 18.7 Å². The third kappa shape index (κ3) is 4.09. The van der Waals surface area contributed by atoms with E-state index in [1.54, 1.807) is 25.0 Å². The summed E-state index contributed by atoms with van der Waals surface area (Å²) < 4.78 is 4.44. The first kappa shape index (κ1) is 20.5. The summed E-state index contributed by atoms with van der Waals surface area (Å²) in [5.41, 5.74) is 3.12. The number of rotatable bonds is 6. The van der Waals surface area contributed by atoms with Crippen molar-refractivity contribution in [3.8, 4) is 0 Å². The minimum absolute atomic E-state index is 0.167. The van der Waals surface area contributed by atoms with Crippen molar-refractivity contribution in [3.63, 3.8) is 0 Å².